The Morgan fingerprint density at radius 3 is 2.57 bits per heavy atom. The molecule has 164 valence electrons. The van der Waals surface area contributed by atoms with Crippen LogP contribution in [0.1, 0.15) is 39.4 Å². The monoisotopic (exact) mass is 435 g/mol. The lowest BCUT2D eigenvalue weighted by Crippen LogP contribution is -2.43. The summed E-state index contributed by atoms with van der Waals surface area (Å²) in [6.45, 7) is 7.12. The number of aromatic nitrogens is 2. The number of methoxy groups -OCH3 is 1. The fraction of sp³-hybridized carbons (Fsp3) is 0.571. The van der Waals surface area contributed by atoms with Gasteiger partial charge >= 0.3 is 6.09 Å². The third kappa shape index (κ3) is 6.72. The van der Waals surface area contributed by atoms with Gasteiger partial charge in [-0.05, 0) is 57.9 Å². The number of thioether (sulfide) groups is 1. The smallest absolute Gasteiger partial charge is 0.410 e. The van der Waals surface area contributed by atoms with E-state index < -0.39 is 5.60 Å². The molecule has 0 spiro atoms. The number of ether oxygens (including phenoxy) is 3. The number of nitrogens with zero attached hydrogens (tertiary/aromatic N) is 3. The molecule has 0 aliphatic carbocycles. The zero-order valence-corrected chi connectivity index (χ0v) is 18.7. The van der Waals surface area contributed by atoms with Gasteiger partial charge in [0.05, 0.1) is 12.0 Å². The van der Waals surface area contributed by atoms with Gasteiger partial charge in [-0.15, -0.1) is 0 Å². The molecule has 1 saturated heterocycles. The van der Waals surface area contributed by atoms with E-state index in [4.69, 9.17) is 18.7 Å². The molecule has 1 aromatic carbocycles. The molecule has 0 unspecified atom stereocenters. The number of carbonyl (C=O) groups excluding carboxylic acids is 1. The minimum absolute atomic E-state index is 0.0581. The van der Waals surface area contributed by atoms with Crippen molar-refractivity contribution < 1.29 is 23.5 Å². The topological polar surface area (TPSA) is 86.9 Å². The Morgan fingerprint density at radius 1 is 1.23 bits per heavy atom. The first-order valence-corrected chi connectivity index (χ1v) is 11.0. The normalized spacial score (nSPS) is 15.4. The van der Waals surface area contributed by atoms with Gasteiger partial charge in [0, 0.05) is 30.7 Å². The second-order valence-corrected chi connectivity index (χ2v) is 9.06. The summed E-state index contributed by atoms with van der Waals surface area (Å²) >= 11 is 1.62. The Labute approximate surface area is 181 Å². The van der Waals surface area contributed by atoms with Crippen LogP contribution >= 0.6 is 11.8 Å². The standard InChI is InChI=1S/C21H29N3O5S/c1-21(2,3)28-20(25)24-11-9-16(10-12-24)27-13-18-22-19(29-23-18)15-5-7-17(8-6-15)30-14-26-4/h5-8,16H,9-14H2,1-4H3. The van der Waals surface area contributed by atoms with Crippen molar-refractivity contribution in [2.24, 2.45) is 0 Å². The highest BCUT2D eigenvalue weighted by Crippen LogP contribution is 2.24. The summed E-state index contributed by atoms with van der Waals surface area (Å²) in [6.07, 6.45) is 1.30. The van der Waals surface area contributed by atoms with Gasteiger partial charge in [-0.1, -0.05) is 16.9 Å². The van der Waals surface area contributed by atoms with Gasteiger partial charge in [-0.3, -0.25) is 0 Å². The van der Waals surface area contributed by atoms with Crippen LogP contribution in [0.5, 0.6) is 0 Å². The summed E-state index contributed by atoms with van der Waals surface area (Å²) in [6, 6.07) is 7.89. The van der Waals surface area contributed by atoms with Gasteiger partial charge in [0.2, 0.25) is 0 Å². The number of piperidine rings is 1. The van der Waals surface area contributed by atoms with E-state index in [9.17, 15) is 4.79 Å². The van der Waals surface area contributed by atoms with Gasteiger partial charge in [0.15, 0.2) is 5.82 Å². The first-order chi connectivity index (χ1) is 14.3. The summed E-state index contributed by atoms with van der Waals surface area (Å²) < 4.78 is 21.8. The summed E-state index contributed by atoms with van der Waals surface area (Å²) in [5, 5.41) is 4.01. The number of amides is 1. The maximum Gasteiger partial charge on any atom is 0.410 e. The minimum atomic E-state index is -0.482. The molecule has 0 atom stereocenters. The van der Waals surface area contributed by atoms with Crippen LogP contribution in [0.3, 0.4) is 0 Å². The minimum Gasteiger partial charge on any atom is -0.444 e. The highest BCUT2D eigenvalue weighted by molar-refractivity contribution is 7.99. The molecular weight excluding hydrogens is 406 g/mol. The quantitative estimate of drug-likeness (QED) is 0.469. The van der Waals surface area contributed by atoms with E-state index in [0.29, 0.717) is 30.7 Å². The van der Waals surface area contributed by atoms with Crippen LogP contribution < -0.4 is 0 Å². The number of likely N-dealkylation sites (tertiary alicyclic amines) is 1. The first-order valence-electron chi connectivity index (χ1n) is 9.98. The number of hydrogen-bond acceptors (Lipinski definition) is 8. The second kappa shape index (κ2) is 10.3. The van der Waals surface area contributed by atoms with Crippen molar-refractivity contribution in [1.29, 1.82) is 0 Å². The second-order valence-electron chi connectivity index (χ2n) is 8.07. The third-order valence-corrected chi connectivity index (χ3v) is 5.41. The Hall–Kier alpha value is -2.10. The van der Waals surface area contributed by atoms with Crippen LogP contribution in [0.25, 0.3) is 11.5 Å². The third-order valence-electron chi connectivity index (χ3n) is 4.45. The predicted octanol–water partition coefficient (Wildman–Crippen LogP) is 4.35. The summed E-state index contributed by atoms with van der Waals surface area (Å²) in [7, 11) is 1.67. The highest BCUT2D eigenvalue weighted by Gasteiger charge is 2.27. The van der Waals surface area contributed by atoms with E-state index >= 15 is 0 Å². The Kier molecular flexibility index (Phi) is 7.74. The van der Waals surface area contributed by atoms with Crippen LogP contribution in [-0.2, 0) is 20.8 Å². The van der Waals surface area contributed by atoms with E-state index in [1.807, 2.05) is 45.0 Å². The lowest BCUT2D eigenvalue weighted by molar-refractivity contribution is -0.0190. The number of carbonyl (C=O) groups is 1. The van der Waals surface area contributed by atoms with Crippen LogP contribution in [-0.4, -0.2) is 59.0 Å². The molecule has 1 aromatic heterocycles. The molecule has 0 N–H and O–H groups in total. The molecule has 8 nitrogen and oxygen atoms in total. The number of rotatable bonds is 7. The fourth-order valence-electron chi connectivity index (χ4n) is 2.97. The van der Waals surface area contributed by atoms with Crippen LogP contribution in [0.4, 0.5) is 4.79 Å². The van der Waals surface area contributed by atoms with Crippen LogP contribution in [0, 0.1) is 0 Å². The SMILES string of the molecule is COCSc1ccc(-c2nc(COC3CCN(C(=O)OC(C)(C)C)CC3)no2)cc1. The summed E-state index contributed by atoms with van der Waals surface area (Å²) in [4.78, 5) is 19.4. The van der Waals surface area contributed by atoms with Crippen molar-refractivity contribution in [3.8, 4) is 11.5 Å². The van der Waals surface area contributed by atoms with Gasteiger partial charge in [0.1, 0.15) is 12.2 Å². The van der Waals surface area contributed by atoms with Crippen molar-refractivity contribution in [1.82, 2.24) is 15.0 Å². The molecular formula is C21H29N3O5S. The molecule has 1 aliphatic rings. The predicted molar refractivity (Wildman–Crippen MR) is 113 cm³/mol. The molecule has 30 heavy (non-hydrogen) atoms. The fourth-order valence-corrected chi connectivity index (χ4v) is 3.56. The van der Waals surface area contributed by atoms with Gasteiger partial charge in [-0.25, -0.2) is 4.79 Å². The van der Waals surface area contributed by atoms with Gasteiger partial charge < -0.3 is 23.6 Å². The lowest BCUT2D eigenvalue weighted by Gasteiger charge is -2.33. The molecule has 3 rings (SSSR count). The van der Waals surface area contributed by atoms with Crippen molar-refractivity contribution in [3.63, 3.8) is 0 Å². The van der Waals surface area contributed by atoms with Crippen molar-refractivity contribution >= 4 is 17.9 Å². The maximum absolute atomic E-state index is 12.1. The van der Waals surface area contributed by atoms with E-state index in [-0.39, 0.29) is 18.8 Å². The zero-order valence-electron chi connectivity index (χ0n) is 17.9. The average Bonchev–Trinajstić information content (AvgIpc) is 3.19. The van der Waals surface area contributed by atoms with E-state index in [1.165, 1.54) is 0 Å². The summed E-state index contributed by atoms with van der Waals surface area (Å²) in [5.74, 6) is 1.59. The maximum atomic E-state index is 12.1. The average molecular weight is 436 g/mol. The van der Waals surface area contributed by atoms with Crippen molar-refractivity contribution in [2.45, 2.75) is 56.8 Å². The molecule has 0 saturated carbocycles. The molecule has 9 heteroatoms. The lowest BCUT2D eigenvalue weighted by atomic mass is 10.1. The zero-order chi connectivity index (χ0) is 21.6. The van der Waals surface area contributed by atoms with E-state index in [1.54, 1.807) is 23.8 Å². The van der Waals surface area contributed by atoms with Crippen LogP contribution in [0.15, 0.2) is 33.7 Å². The van der Waals surface area contributed by atoms with Crippen molar-refractivity contribution in [2.75, 3.05) is 26.1 Å². The largest absolute Gasteiger partial charge is 0.444 e. The van der Waals surface area contributed by atoms with Crippen LogP contribution in [0.2, 0.25) is 0 Å². The van der Waals surface area contributed by atoms with Gasteiger partial charge in [-0.2, -0.15) is 4.98 Å². The highest BCUT2D eigenvalue weighted by atomic mass is 32.2. The van der Waals surface area contributed by atoms with Crippen molar-refractivity contribution in [3.05, 3.63) is 30.1 Å². The van der Waals surface area contributed by atoms with E-state index in [2.05, 4.69) is 10.1 Å². The molecule has 1 amide bonds. The van der Waals surface area contributed by atoms with Gasteiger partial charge in [0.25, 0.3) is 5.89 Å². The number of hydrogen-bond donors (Lipinski definition) is 0. The molecule has 1 aliphatic heterocycles. The molecule has 0 radical (unpaired) electrons. The Morgan fingerprint density at radius 2 is 1.93 bits per heavy atom. The number of benzene rings is 1. The molecule has 2 aromatic rings. The molecule has 0 bridgehead atoms. The summed E-state index contributed by atoms with van der Waals surface area (Å²) in [5.41, 5.74) is 0.380. The first kappa shape index (κ1) is 22.6. The Balaban J connectivity index is 1.44. The molecule has 1 fully saturated rings. The molecule has 2 heterocycles. The Bertz CT molecular complexity index is 811. The van der Waals surface area contributed by atoms with E-state index in [0.717, 1.165) is 23.3 Å².